The smallest absolute Gasteiger partial charge is 0.258 e. The molecule has 2 rings (SSSR count). The Balaban J connectivity index is 1.89. The van der Waals surface area contributed by atoms with Gasteiger partial charge in [-0.3, -0.25) is 4.79 Å². The fraction of sp³-hybridized carbons (Fsp3) is 0.312. The molecule has 0 aliphatic carbocycles. The second-order valence-corrected chi connectivity index (χ2v) is 4.88. The van der Waals surface area contributed by atoms with Crippen LogP contribution in [-0.2, 0) is 4.79 Å². The van der Waals surface area contributed by atoms with Crippen LogP contribution < -0.4 is 10.1 Å². The van der Waals surface area contributed by atoms with E-state index in [9.17, 15) is 9.90 Å². The van der Waals surface area contributed by atoms with Crippen LogP contribution in [0, 0.1) is 13.8 Å². The Labute approximate surface area is 123 Å². The molecule has 0 saturated heterocycles. The number of aliphatic hydroxyl groups is 1. The number of aliphatic hydroxyl groups excluding tert-OH is 1. The van der Waals surface area contributed by atoms with E-state index < -0.39 is 6.04 Å². The van der Waals surface area contributed by atoms with Crippen molar-refractivity contribution in [1.29, 1.82) is 0 Å². The van der Waals surface area contributed by atoms with Crippen LogP contribution in [0.3, 0.4) is 0 Å². The Bertz CT molecular complexity index is 592. The first-order valence-corrected chi connectivity index (χ1v) is 6.74. The highest BCUT2D eigenvalue weighted by Gasteiger charge is 2.16. The fourth-order valence-corrected chi connectivity index (χ4v) is 2.04. The second-order valence-electron chi connectivity index (χ2n) is 4.88. The molecule has 2 N–H and O–H groups in total. The van der Waals surface area contributed by atoms with Crippen molar-refractivity contribution in [2.24, 2.45) is 0 Å². The van der Waals surface area contributed by atoms with E-state index in [2.05, 4.69) is 5.32 Å². The quantitative estimate of drug-likeness (QED) is 0.854. The normalized spacial score (nSPS) is 12.0. The minimum absolute atomic E-state index is 0.110. The standard InChI is InChI=1S/C16H19NO4/c1-11-5-6-14(12(2)8-11)21-10-16(19)17-13(9-18)15-4-3-7-20-15/h3-8,13,18H,9-10H2,1-2H3,(H,17,19). The van der Waals surface area contributed by atoms with Crippen LogP contribution in [0.2, 0.25) is 0 Å². The maximum atomic E-state index is 11.9. The van der Waals surface area contributed by atoms with E-state index >= 15 is 0 Å². The van der Waals surface area contributed by atoms with Crippen LogP contribution in [0.4, 0.5) is 0 Å². The first-order chi connectivity index (χ1) is 10.1. The lowest BCUT2D eigenvalue weighted by Crippen LogP contribution is -2.34. The van der Waals surface area contributed by atoms with E-state index in [1.54, 1.807) is 12.1 Å². The summed E-state index contributed by atoms with van der Waals surface area (Å²) < 4.78 is 10.7. The van der Waals surface area contributed by atoms with Gasteiger partial charge in [0.2, 0.25) is 0 Å². The molecule has 1 unspecified atom stereocenters. The Hall–Kier alpha value is -2.27. The molecule has 0 aliphatic rings. The highest BCUT2D eigenvalue weighted by atomic mass is 16.5. The molecule has 2 aromatic rings. The maximum Gasteiger partial charge on any atom is 0.258 e. The van der Waals surface area contributed by atoms with Gasteiger partial charge in [-0.25, -0.2) is 0 Å². The summed E-state index contributed by atoms with van der Waals surface area (Å²) in [6.45, 7) is 3.59. The van der Waals surface area contributed by atoms with Gasteiger partial charge in [-0.2, -0.15) is 0 Å². The summed E-state index contributed by atoms with van der Waals surface area (Å²) in [6, 6.07) is 8.61. The summed E-state index contributed by atoms with van der Waals surface area (Å²) in [5, 5.41) is 12.0. The Morgan fingerprint density at radius 2 is 2.19 bits per heavy atom. The molecule has 0 spiro atoms. The van der Waals surface area contributed by atoms with E-state index in [0.717, 1.165) is 11.1 Å². The van der Waals surface area contributed by atoms with Gasteiger partial charge in [0, 0.05) is 0 Å². The molecule has 0 bridgehead atoms. The number of ether oxygens (including phenoxy) is 1. The molecular weight excluding hydrogens is 270 g/mol. The predicted molar refractivity (Wildman–Crippen MR) is 78.1 cm³/mol. The number of rotatable bonds is 6. The number of nitrogens with one attached hydrogen (secondary N) is 1. The number of hydrogen-bond donors (Lipinski definition) is 2. The molecule has 0 saturated carbocycles. The van der Waals surface area contributed by atoms with Crippen molar-refractivity contribution in [1.82, 2.24) is 5.32 Å². The lowest BCUT2D eigenvalue weighted by atomic mass is 10.1. The summed E-state index contributed by atoms with van der Waals surface area (Å²) in [5.74, 6) is 0.872. The van der Waals surface area contributed by atoms with E-state index in [0.29, 0.717) is 11.5 Å². The topological polar surface area (TPSA) is 71.7 Å². The molecule has 112 valence electrons. The molecule has 5 heteroatoms. The Morgan fingerprint density at radius 1 is 1.38 bits per heavy atom. The average molecular weight is 289 g/mol. The molecule has 1 heterocycles. The number of furan rings is 1. The van der Waals surface area contributed by atoms with Crippen molar-refractivity contribution < 1.29 is 19.1 Å². The summed E-state index contributed by atoms with van der Waals surface area (Å²) in [7, 11) is 0. The Kier molecular flexibility index (Phi) is 5.00. The Morgan fingerprint density at radius 3 is 2.81 bits per heavy atom. The zero-order valence-electron chi connectivity index (χ0n) is 12.1. The third-order valence-corrected chi connectivity index (χ3v) is 3.09. The van der Waals surface area contributed by atoms with Gasteiger partial charge >= 0.3 is 0 Å². The molecule has 1 aromatic carbocycles. The van der Waals surface area contributed by atoms with E-state index in [-0.39, 0.29) is 19.1 Å². The van der Waals surface area contributed by atoms with Gasteiger partial charge in [-0.15, -0.1) is 0 Å². The van der Waals surface area contributed by atoms with Gasteiger partial charge in [-0.1, -0.05) is 17.7 Å². The van der Waals surface area contributed by atoms with Crippen LogP contribution in [0.5, 0.6) is 5.75 Å². The van der Waals surface area contributed by atoms with Crippen LogP contribution in [0.15, 0.2) is 41.0 Å². The van der Waals surface area contributed by atoms with E-state index in [1.165, 1.54) is 6.26 Å². The van der Waals surface area contributed by atoms with Gasteiger partial charge in [0.25, 0.3) is 5.91 Å². The third kappa shape index (κ3) is 4.10. The summed E-state index contributed by atoms with van der Waals surface area (Å²) in [4.78, 5) is 11.9. The van der Waals surface area contributed by atoms with E-state index in [1.807, 2.05) is 32.0 Å². The number of carbonyl (C=O) groups excluding carboxylic acids is 1. The average Bonchev–Trinajstić information content (AvgIpc) is 2.98. The summed E-state index contributed by atoms with van der Waals surface area (Å²) >= 11 is 0. The molecular formula is C16H19NO4. The second kappa shape index (κ2) is 6.95. The van der Waals surface area contributed by atoms with Gasteiger partial charge in [0.05, 0.1) is 12.9 Å². The molecule has 1 atom stereocenters. The number of amides is 1. The zero-order chi connectivity index (χ0) is 15.2. The van der Waals surface area contributed by atoms with Crippen molar-refractivity contribution in [3.8, 4) is 5.75 Å². The van der Waals surface area contributed by atoms with Crippen LogP contribution in [0.1, 0.15) is 22.9 Å². The third-order valence-electron chi connectivity index (χ3n) is 3.09. The van der Waals surface area contributed by atoms with Crippen molar-refractivity contribution in [2.75, 3.05) is 13.2 Å². The predicted octanol–water partition coefficient (Wildman–Crippen LogP) is 2.13. The van der Waals surface area contributed by atoms with Gasteiger partial charge in [0.1, 0.15) is 17.6 Å². The fourth-order valence-electron chi connectivity index (χ4n) is 2.04. The largest absolute Gasteiger partial charge is 0.484 e. The number of carbonyl (C=O) groups is 1. The molecule has 0 radical (unpaired) electrons. The molecule has 5 nitrogen and oxygen atoms in total. The number of hydrogen-bond acceptors (Lipinski definition) is 4. The van der Waals surface area contributed by atoms with Gasteiger partial charge < -0.3 is 19.6 Å². The van der Waals surface area contributed by atoms with Gasteiger partial charge in [0.15, 0.2) is 6.61 Å². The van der Waals surface area contributed by atoms with Crippen LogP contribution >= 0.6 is 0 Å². The summed E-state index contributed by atoms with van der Waals surface area (Å²) in [6.07, 6.45) is 1.50. The van der Waals surface area contributed by atoms with Crippen LogP contribution in [0.25, 0.3) is 0 Å². The monoisotopic (exact) mass is 289 g/mol. The van der Waals surface area contributed by atoms with Crippen molar-refractivity contribution in [3.05, 3.63) is 53.5 Å². The SMILES string of the molecule is Cc1ccc(OCC(=O)NC(CO)c2ccco2)c(C)c1. The molecule has 1 amide bonds. The van der Waals surface area contributed by atoms with Crippen LogP contribution in [-0.4, -0.2) is 24.2 Å². The van der Waals surface area contributed by atoms with Crippen molar-refractivity contribution >= 4 is 5.91 Å². The van der Waals surface area contributed by atoms with Crippen molar-refractivity contribution in [2.45, 2.75) is 19.9 Å². The molecule has 0 aliphatic heterocycles. The highest BCUT2D eigenvalue weighted by molar-refractivity contribution is 5.78. The molecule has 21 heavy (non-hydrogen) atoms. The first kappa shape index (κ1) is 15.1. The maximum absolute atomic E-state index is 11.9. The lowest BCUT2D eigenvalue weighted by molar-refractivity contribution is -0.124. The zero-order valence-corrected chi connectivity index (χ0v) is 12.1. The molecule has 0 fully saturated rings. The van der Waals surface area contributed by atoms with E-state index in [4.69, 9.17) is 9.15 Å². The minimum Gasteiger partial charge on any atom is -0.484 e. The lowest BCUT2D eigenvalue weighted by Gasteiger charge is -2.15. The number of benzene rings is 1. The summed E-state index contributed by atoms with van der Waals surface area (Å²) in [5.41, 5.74) is 2.12. The molecule has 1 aromatic heterocycles. The van der Waals surface area contributed by atoms with Gasteiger partial charge in [-0.05, 0) is 37.6 Å². The van der Waals surface area contributed by atoms with Crippen molar-refractivity contribution in [3.63, 3.8) is 0 Å². The highest BCUT2D eigenvalue weighted by Crippen LogP contribution is 2.18. The minimum atomic E-state index is -0.560. The number of aryl methyl sites for hydroxylation is 2. The first-order valence-electron chi connectivity index (χ1n) is 6.74.